The summed E-state index contributed by atoms with van der Waals surface area (Å²) in [6, 6.07) is 4.27. The van der Waals surface area contributed by atoms with Gasteiger partial charge in [0.15, 0.2) is 0 Å². The summed E-state index contributed by atoms with van der Waals surface area (Å²) in [5, 5.41) is 0. The maximum atomic E-state index is 12.9. The molecule has 0 saturated heterocycles. The van der Waals surface area contributed by atoms with Gasteiger partial charge in [-0.2, -0.15) is 13.2 Å². The van der Waals surface area contributed by atoms with Crippen molar-refractivity contribution in [2.75, 3.05) is 0 Å². The first-order valence-corrected chi connectivity index (χ1v) is 5.75. The maximum Gasteiger partial charge on any atom is 0.416 e. The van der Waals surface area contributed by atoms with Crippen LogP contribution in [-0.4, -0.2) is 6.10 Å². The van der Waals surface area contributed by atoms with Crippen LogP contribution in [0, 0.1) is 0 Å². The van der Waals surface area contributed by atoms with Gasteiger partial charge in [0, 0.05) is 0 Å². The van der Waals surface area contributed by atoms with Crippen LogP contribution in [0.25, 0.3) is 0 Å². The van der Waals surface area contributed by atoms with Crippen LogP contribution in [-0.2, 0) is 6.18 Å². The van der Waals surface area contributed by atoms with E-state index in [1.807, 2.05) is 0 Å². The third-order valence-corrected chi connectivity index (χ3v) is 2.78. The molecule has 4 heteroatoms. The van der Waals surface area contributed by atoms with Crippen molar-refractivity contribution in [2.45, 2.75) is 44.9 Å². The molecule has 1 aromatic carbocycles. The quantitative estimate of drug-likeness (QED) is 0.767. The van der Waals surface area contributed by atoms with Crippen LogP contribution >= 0.6 is 0 Å². The Balaban J connectivity index is 2.34. The average Bonchev–Trinajstić information content (AvgIpc) is 3.00. The van der Waals surface area contributed by atoms with Crippen LogP contribution in [0.4, 0.5) is 13.2 Å². The molecule has 0 heterocycles. The van der Waals surface area contributed by atoms with Crippen molar-refractivity contribution in [3.05, 3.63) is 29.3 Å². The largest absolute Gasteiger partial charge is 0.490 e. The zero-order chi connectivity index (χ0) is 12.6. The number of halogens is 3. The lowest BCUT2D eigenvalue weighted by atomic mass is 9.96. The summed E-state index contributed by atoms with van der Waals surface area (Å²) in [6.07, 6.45) is -2.33. The Kier molecular flexibility index (Phi) is 3.06. The highest BCUT2D eigenvalue weighted by Gasteiger charge is 2.35. The second-order valence-corrected chi connectivity index (χ2v) is 4.72. The van der Waals surface area contributed by atoms with E-state index in [2.05, 4.69) is 0 Å². The van der Waals surface area contributed by atoms with E-state index in [1.54, 1.807) is 19.9 Å². The van der Waals surface area contributed by atoms with Gasteiger partial charge in [0.2, 0.25) is 0 Å². The molecule has 0 radical (unpaired) electrons. The summed E-state index contributed by atoms with van der Waals surface area (Å²) in [6.45, 7) is 3.51. The molecule has 0 spiro atoms. The molecular formula is C13H15F3O. The minimum absolute atomic E-state index is 0.112. The Morgan fingerprint density at radius 3 is 2.35 bits per heavy atom. The van der Waals surface area contributed by atoms with Gasteiger partial charge in [-0.1, -0.05) is 19.9 Å². The molecule has 17 heavy (non-hydrogen) atoms. The fourth-order valence-electron chi connectivity index (χ4n) is 1.74. The zero-order valence-corrected chi connectivity index (χ0v) is 9.84. The third-order valence-electron chi connectivity index (χ3n) is 2.78. The van der Waals surface area contributed by atoms with Crippen molar-refractivity contribution in [3.8, 4) is 5.75 Å². The number of alkyl halides is 3. The molecule has 94 valence electrons. The highest BCUT2D eigenvalue weighted by atomic mass is 19.4. The molecule has 1 saturated carbocycles. The van der Waals surface area contributed by atoms with Gasteiger partial charge in [0.1, 0.15) is 5.75 Å². The second-order valence-electron chi connectivity index (χ2n) is 4.72. The monoisotopic (exact) mass is 244 g/mol. The van der Waals surface area contributed by atoms with Crippen LogP contribution in [0.5, 0.6) is 5.75 Å². The first-order chi connectivity index (χ1) is 7.88. The molecule has 0 aliphatic heterocycles. The Bertz CT molecular complexity index is 406. The molecule has 0 aromatic heterocycles. The zero-order valence-electron chi connectivity index (χ0n) is 9.84. The van der Waals surface area contributed by atoms with E-state index < -0.39 is 11.7 Å². The van der Waals surface area contributed by atoms with E-state index >= 15 is 0 Å². The molecule has 0 N–H and O–H groups in total. The maximum absolute atomic E-state index is 12.9. The molecule has 1 nitrogen and oxygen atoms in total. The van der Waals surface area contributed by atoms with E-state index in [0.717, 1.165) is 18.9 Å². The average molecular weight is 244 g/mol. The van der Waals surface area contributed by atoms with Crippen LogP contribution in [0.1, 0.15) is 43.7 Å². The number of ether oxygens (including phenoxy) is 1. The molecular weight excluding hydrogens is 229 g/mol. The molecule has 1 aromatic rings. The Hall–Kier alpha value is -1.19. The highest BCUT2D eigenvalue weighted by molar-refractivity contribution is 5.39. The number of hydrogen-bond acceptors (Lipinski definition) is 1. The lowest BCUT2D eigenvalue weighted by Crippen LogP contribution is -2.11. The summed E-state index contributed by atoms with van der Waals surface area (Å²) in [5.41, 5.74) is -0.258. The summed E-state index contributed by atoms with van der Waals surface area (Å²) < 4.78 is 44.1. The smallest absolute Gasteiger partial charge is 0.416 e. The van der Waals surface area contributed by atoms with Gasteiger partial charge >= 0.3 is 6.18 Å². The minimum atomic E-state index is -4.32. The van der Waals surface area contributed by atoms with Crippen molar-refractivity contribution in [1.29, 1.82) is 0 Å². The summed E-state index contributed by atoms with van der Waals surface area (Å²) in [7, 11) is 0. The van der Waals surface area contributed by atoms with Gasteiger partial charge < -0.3 is 4.74 Å². The predicted octanol–water partition coefficient (Wildman–Crippen LogP) is 4.37. The van der Waals surface area contributed by atoms with E-state index in [9.17, 15) is 13.2 Å². The van der Waals surface area contributed by atoms with Gasteiger partial charge in [-0.15, -0.1) is 0 Å². The second kappa shape index (κ2) is 4.24. The Morgan fingerprint density at radius 2 is 1.88 bits per heavy atom. The molecule has 1 aliphatic rings. The standard InChI is InChI=1S/C13H15F3O/c1-8(2)11-6-5-10(17-9-3-4-9)7-12(11)13(14,15)16/h5-9H,3-4H2,1-2H3. The fraction of sp³-hybridized carbons (Fsp3) is 0.538. The van der Waals surface area contributed by atoms with Crippen molar-refractivity contribution in [1.82, 2.24) is 0 Å². The van der Waals surface area contributed by atoms with E-state index in [1.165, 1.54) is 6.07 Å². The Morgan fingerprint density at radius 1 is 1.24 bits per heavy atom. The first kappa shape index (κ1) is 12.3. The predicted molar refractivity (Wildman–Crippen MR) is 59.2 cm³/mol. The van der Waals surface area contributed by atoms with E-state index in [0.29, 0.717) is 11.3 Å². The van der Waals surface area contributed by atoms with Gasteiger partial charge in [0.25, 0.3) is 0 Å². The number of benzene rings is 1. The minimum Gasteiger partial charge on any atom is -0.490 e. The van der Waals surface area contributed by atoms with E-state index in [4.69, 9.17) is 4.74 Å². The van der Waals surface area contributed by atoms with Crippen LogP contribution < -0.4 is 4.74 Å². The topological polar surface area (TPSA) is 9.23 Å². The van der Waals surface area contributed by atoms with Gasteiger partial charge in [-0.25, -0.2) is 0 Å². The molecule has 1 fully saturated rings. The highest BCUT2D eigenvalue weighted by Crippen LogP contribution is 2.38. The van der Waals surface area contributed by atoms with Gasteiger partial charge in [-0.3, -0.25) is 0 Å². The number of hydrogen-bond donors (Lipinski definition) is 0. The van der Waals surface area contributed by atoms with Crippen molar-refractivity contribution < 1.29 is 17.9 Å². The van der Waals surface area contributed by atoms with Crippen LogP contribution in [0.3, 0.4) is 0 Å². The molecule has 0 unspecified atom stereocenters. The molecule has 2 rings (SSSR count). The van der Waals surface area contributed by atoms with Crippen molar-refractivity contribution in [3.63, 3.8) is 0 Å². The summed E-state index contributed by atoms with van der Waals surface area (Å²) >= 11 is 0. The molecule has 0 bridgehead atoms. The van der Waals surface area contributed by atoms with Gasteiger partial charge in [0.05, 0.1) is 11.7 Å². The lowest BCUT2D eigenvalue weighted by Gasteiger charge is -2.17. The summed E-state index contributed by atoms with van der Waals surface area (Å²) in [5.74, 6) is 0.172. The normalized spacial score (nSPS) is 16.4. The number of rotatable bonds is 3. The SMILES string of the molecule is CC(C)c1ccc(OC2CC2)cc1C(F)(F)F. The summed E-state index contributed by atoms with van der Waals surface area (Å²) in [4.78, 5) is 0. The van der Waals surface area contributed by atoms with E-state index in [-0.39, 0.29) is 12.0 Å². The fourth-order valence-corrected chi connectivity index (χ4v) is 1.74. The first-order valence-electron chi connectivity index (χ1n) is 5.75. The molecule has 1 aliphatic carbocycles. The van der Waals surface area contributed by atoms with Gasteiger partial charge in [-0.05, 0) is 36.5 Å². The molecule has 0 amide bonds. The lowest BCUT2D eigenvalue weighted by molar-refractivity contribution is -0.138. The Labute approximate surface area is 98.6 Å². The molecule has 0 atom stereocenters. The van der Waals surface area contributed by atoms with Crippen molar-refractivity contribution >= 4 is 0 Å². The van der Waals surface area contributed by atoms with Crippen LogP contribution in [0.2, 0.25) is 0 Å². The van der Waals surface area contributed by atoms with Crippen molar-refractivity contribution in [2.24, 2.45) is 0 Å². The van der Waals surface area contributed by atoms with Crippen LogP contribution in [0.15, 0.2) is 18.2 Å². The third kappa shape index (κ3) is 2.93.